The van der Waals surface area contributed by atoms with Crippen LogP contribution in [0.3, 0.4) is 0 Å². The Morgan fingerprint density at radius 3 is 2.50 bits per heavy atom. The second-order valence-corrected chi connectivity index (χ2v) is 14.7. The number of primary amides is 1. The number of halogens is 3. The maximum atomic E-state index is 14.5. The van der Waals surface area contributed by atoms with Crippen molar-refractivity contribution in [2.45, 2.75) is 62.8 Å². The van der Waals surface area contributed by atoms with Crippen molar-refractivity contribution in [3.63, 3.8) is 0 Å². The number of amides is 1. The molecular formula is C31H37Cl2FN8O3S. The summed E-state index contributed by atoms with van der Waals surface area (Å²) in [6.45, 7) is 2.59. The lowest BCUT2D eigenvalue weighted by molar-refractivity contribution is -0.122. The number of anilines is 2. The van der Waals surface area contributed by atoms with Crippen LogP contribution in [0.25, 0.3) is 0 Å². The molecule has 1 amide bonds. The van der Waals surface area contributed by atoms with Gasteiger partial charge in [0, 0.05) is 30.1 Å². The molecule has 0 bridgehead atoms. The summed E-state index contributed by atoms with van der Waals surface area (Å²) in [5, 5.41) is 6.19. The Labute approximate surface area is 278 Å². The summed E-state index contributed by atoms with van der Waals surface area (Å²) in [5.74, 6) is -0.693. The number of sulfonamides is 1. The summed E-state index contributed by atoms with van der Waals surface area (Å²) >= 11 is 12.0. The highest BCUT2D eigenvalue weighted by Crippen LogP contribution is 2.34. The highest BCUT2D eigenvalue weighted by molar-refractivity contribution is 7.89. The minimum atomic E-state index is -3.66. The van der Waals surface area contributed by atoms with E-state index in [0.717, 1.165) is 30.9 Å². The highest BCUT2D eigenvalue weighted by Gasteiger charge is 2.31. The molecule has 0 spiro atoms. The smallest absolute Gasteiger partial charge is 0.243 e. The molecule has 1 saturated carbocycles. The molecule has 11 nitrogen and oxygen atoms in total. The number of nitrogens with one attached hydrogen (secondary N) is 2. The van der Waals surface area contributed by atoms with Crippen molar-refractivity contribution in [3.05, 3.63) is 69.7 Å². The van der Waals surface area contributed by atoms with Gasteiger partial charge in [0.25, 0.3) is 0 Å². The van der Waals surface area contributed by atoms with E-state index >= 15 is 0 Å². The minimum Gasteiger partial charge on any atom is -0.369 e. The van der Waals surface area contributed by atoms with Crippen LogP contribution < -0.4 is 22.1 Å². The first kappa shape index (κ1) is 33.8. The highest BCUT2D eigenvalue weighted by atomic mass is 35.5. The summed E-state index contributed by atoms with van der Waals surface area (Å²) in [7, 11) is -3.66. The van der Waals surface area contributed by atoms with Crippen LogP contribution >= 0.6 is 23.2 Å². The van der Waals surface area contributed by atoms with Gasteiger partial charge in [0.05, 0.1) is 27.5 Å². The minimum absolute atomic E-state index is 0.0382. The molecule has 1 aliphatic heterocycles. The second-order valence-electron chi connectivity index (χ2n) is 11.9. The number of aliphatic imine (C=N–C) groups is 1. The zero-order valence-electron chi connectivity index (χ0n) is 25.3. The van der Waals surface area contributed by atoms with Gasteiger partial charge in [0.1, 0.15) is 11.5 Å². The standard InChI is InChI=1S/C31H37Cl2FN8O3S/c1-18-4-10-23(11-5-18)46(44,45)42-12-2-3-22(17-42)38-31-37-16-27(26(40-31)13-19-6-8-20(9-7-19)29(35)43)39-30(36)41-28-24(33)14-21(32)15-25(28)34/h4-5,10-11,14-16,19-20,22H,2-3,6-9,12-13,17H2,1H3,(H2,35,43)(H3,36,39,41)(H,37,38,40)/t19-,20+,22-/m1/s1. The average molecular weight is 692 g/mol. The molecule has 0 radical (unpaired) electrons. The molecule has 2 heterocycles. The fraction of sp³-hybridized carbons (Fsp3) is 0.419. The predicted molar refractivity (Wildman–Crippen MR) is 178 cm³/mol. The summed E-state index contributed by atoms with van der Waals surface area (Å²) < 4.78 is 42.7. The molecule has 2 aliphatic rings. The molecule has 2 fully saturated rings. The van der Waals surface area contributed by atoms with Crippen LogP contribution in [0.2, 0.25) is 10.0 Å². The number of piperidine rings is 1. The van der Waals surface area contributed by atoms with Crippen LogP contribution in [0.4, 0.5) is 21.7 Å². The molecule has 5 rings (SSSR count). The average Bonchev–Trinajstić information content (AvgIpc) is 3.01. The van der Waals surface area contributed by atoms with Crippen molar-refractivity contribution in [3.8, 4) is 0 Å². The van der Waals surface area contributed by atoms with E-state index in [1.54, 1.807) is 24.3 Å². The molecule has 246 valence electrons. The number of aromatic nitrogens is 2. The Kier molecular flexibility index (Phi) is 10.7. The van der Waals surface area contributed by atoms with E-state index in [-0.39, 0.29) is 56.9 Å². The van der Waals surface area contributed by atoms with Crippen LogP contribution in [0.5, 0.6) is 0 Å². The Morgan fingerprint density at radius 2 is 1.83 bits per heavy atom. The Morgan fingerprint density at radius 1 is 1.11 bits per heavy atom. The first-order valence-electron chi connectivity index (χ1n) is 15.1. The topological polar surface area (TPSA) is 169 Å². The molecule has 1 aromatic heterocycles. The normalized spacial score (nSPS) is 21.1. The molecule has 46 heavy (non-hydrogen) atoms. The summed E-state index contributed by atoms with van der Waals surface area (Å²) in [6.07, 6.45) is 6.43. The third kappa shape index (κ3) is 8.24. The number of guanidine groups is 1. The van der Waals surface area contributed by atoms with Gasteiger partial charge in [-0.3, -0.25) is 4.79 Å². The molecule has 1 aliphatic carbocycles. The van der Waals surface area contributed by atoms with E-state index in [9.17, 15) is 17.6 Å². The molecule has 3 aromatic rings. The number of rotatable bonds is 9. The maximum absolute atomic E-state index is 14.5. The van der Waals surface area contributed by atoms with Gasteiger partial charge in [0.2, 0.25) is 21.9 Å². The third-order valence-electron chi connectivity index (χ3n) is 8.45. The van der Waals surface area contributed by atoms with E-state index in [2.05, 4.69) is 20.6 Å². The van der Waals surface area contributed by atoms with Gasteiger partial charge in [-0.25, -0.2) is 27.8 Å². The summed E-state index contributed by atoms with van der Waals surface area (Å²) in [5.41, 5.74) is 13.6. The zero-order valence-corrected chi connectivity index (χ0v) is 27.7. The number of nitrogens with zero attached hydrogens (tertiary/aromatic N) is 4. The quantitative estimate of drug-likeness (QED) is 0.171. The first-order chi connectivity index (χ1) is 21.9. The number of benzene rings is 2. The SMILES string of the molecule is Cc1ccc(S(=O)(=O)N2CCC[C@@H](Nc3ncc(/N=C(\N)Nc4c(F)cc(Cl)cc4Cl)c(C[C@H]4CC[C@@H](C(N)=O)CC4)n3)C2)cc1. The van der Waals surface area contributed by atoms with Gasteiger partial charge in [-0.1, -0.05) is 40.9 Å². The Hall–Kier alpha value is -3.52. The van der Waals surface area contributed by atoms with Crippen molar-refractivity contribution in [2.75, 3.05) is 23.7 Å². The molecule has 2 aromatic carbocycles. The van der Waals surface area contributed by atoms with Crippen LogP contribution in [-0.2, 0) is 21.2 Å². The second kappa shape index (κ2) is 14.5. The van der Waals surface area contributed by atoms with E-state index in [4.69, 9.17) is 39.7 Å². The summed E-state index contributed by atoms with van der Waals surface area (Å²) in [6, 6.07) is 9.11. The Bertz CT molecular complexity index is 1690. The van der Waals surface area contributed by atoms with Crippen molar-refractivity contribution < 1.29 is 17.6 Å². The van der Waals surface area contributed by atoms with E-state index in [1.807, 2.05) is 6.92 Å². The predicted octanol–water partition coefficient (Wildman–Crippen LogP) is 5.39. The lowest BCUT2D eigenvalue weighted by Crippen LogP contribution is -2.45. The van der Waals surface area contributed by atoms with Gasteiger partial charge < -0.3 is 22.1 Å². The molecule has 6 N–H and O–H groups in total. The molecular weight excluding hydrogens is 654 g/mol. The lowest BCUT2D eigenvalue weighted by atomic mass is 9.79. The number of carbonyl (C=O) groups excluding carboxylic acids is 1. The van der Waals surface area contributed by atoms with Crippen LogP contribution in [-0.4, -0.2) is 53.7 Å². The molecule has 0 unspecified atom stereocenters. The number of nitrogens with two attached hydrogens (primary N) is 2. The Balaban J connectivity index is 1.36. The van der Waals surface area contributed by atoms with Gasteiger partial charge in [-0.15, -0.1) is 0 Å². The van der Waals surface area contributed by atoms with Crippen LogP contribution in [0.1, 0.15) is 49.8 Å². The van der Waals surface area contributed by atoms with Crippen LogP contribution in [0.15, 0.2) is 52.5 Å². The van der Waals surface area contributed by atoms with Crippen molar-refractivity contribution in [1.29, 1.82) is 0 Å². The maximum Gasteiger partial charge on any atom is 0.243 e. The van der Waals surface area contributed by atoms with Gasteiger partial charge in [0.15, 0.2) is 5.96 Å². The van der Waals surface area contributed by atoms with E-state index < -0.39 is 15.8 Å². The molecule has 1 atom stereocenters. The third-order valence-corrected chi connectivity index (χ3v) is 10.8. The van der Waals surface area contributed by atoms with Crippen molar-refractivity contribution in [1.82, 2.24) is 14.3 Å². The zero-order chi connectivity index (χ0) is 33.0. The van der Waals surface area contributed by atoms with E-state index in [1.165, 1.54) is 16.6 Å². The van der Waals surface area contributed by atoms with Crippen LogP contribution in [0, 0.1) is 24.6 Å². The fourth-order valence-corrected chi connectivity index (χ4v) is 7.96. The van der Waals surface area contributed by atoms with Gasteiger partial charge in [-0.2, -0.15) is 4.31 Å². The van der Waals surface area contributed by atoms with Crippen molar-refractivity contribution >= 4 is 62.4 Å². The lowest BCUT2D eigenvalue weighted by Gasteiger charge is -2.32. The molecule has 15 heteroatoms. The number of aryl methyl sites for hydroxylation is 1. The summed E-state index contributed by atoms with van der Waals surface area (Å²) in [4.78, 5) is 25.7. The van der Waals surface area contributed by atoms with E-state index in [0.29, 0.717) is 49.6 Å². The largest absolute Gasteiger partial charge is 0.369 e. The molecule has 1 saturated heterocycles. The first-order valence-corrected chi connectivity index (χ1v) is 17.3. The number of hydrogen-bond donors (Lipinski definition) is 4. The monoisotopic (exact) mass is 690 g/mol. The fourth-order valence-electron chi connectivity index (χ4n) is 5.92. The van der Waals surface area contributed by atoms with Gasteiger partial charge in [-0.05, 0) is 82.1 Å². The van der Waals surface area contributed by atoms with Crippen molar-refractivity contribution in [2.24, 2.45) is 28.3 Å². The number of carbonyl (C=O) groups is 1. The number of hydrogen-bond acceptors (Lipinski definition) is 7. The van der Waals surface area contributed by atoms with Gasteiger partial charge >= 0.3 is 0 Å².